The number of nitrogens with zero attached hydrogens (tertiary/aromatic N) is 2. The van der Waals surface area contributed by atoms with Crippen molar-refractivity contribution in [2.75, 3.05) is 18.8 Å². The summed E-state index contributed by atoms with van der Waals surface area (Å²) in [5, 5.41) is 10.7. The molecule has 0 unspecified atom stereocenters. The largest absolute Gasteiger partial charge is 0.393 e. The lowest BCUT2D eigenvalue weighted by molar-refractivity contribution is -0.383. The topological polar surface area (TPSA) is 72.4 Å². The molecule has 1 aromatic carbocycles. The predicted molar refractivity (Wildman–Crippen MR) is 75.9 cm³/mol. The summed E-state index contributed by atoms with van der Waals surface area (Å²) in [6, 6.07) is 5.05. The number of hydrogen-bond donors (Lipinski definition) is 1. The average Bonchev–Trinajstić information content (AvgIpc) is 2.32. The second-order valence-electron chi connectivity index (χ2n) is 5.19. The summed E-state index contributed by atoms with van der Waals surface area (Å²) in [5.41, 5.74) is 7.04. The second kappa shape index (κ2) is 6.52. The van der Waals surface area contributed by atoms with Crippen molar-refractivity contribution < 1.29 is 4.92 Å². The fraction of sp³-hybridized carbons (Fsp3) is 0.571. The first kappa shape index (κ1) is 13.8. The summed E-state index contributed by atoms with van der Waals surface area (Å²) in [4.78, 5) is 12.7. The van der Waals surface area contributed by atoms with Gasteiger partial charge in [-0.25, -0.2) is 0 Å². The molecule has 0 saturated carbocycles. The average molecular weight is 263 g/mol. The Morgan fingerprint density at radius 2 is 1.79 bits per heavy atom. The Balaban J connectivity index is 2.01. The Hall–Kier alpha value is -1.62. The molecule has 1 aliphatic rings. The first-order valence-electron chi connectivity index (χ1n) is 6.92. The minimum atomic E-state index is -0.435. The molecule has 0 aromatic heterocycles. The van der Waals surface area contributed by atoms with Gasteiger partial charge in [0.15, 0.2) is 0 Å². The monoisotopic (exact) mass is 263 g/mol. The van der Waals surface area contributed by atoms with Crippen LogP contribution in [0.4, 0.5) is 11.4 Å². The van der Waals surface area contributed by atoms with E-state index in [-0.39, 0.29) is 11.4 Å². The molecule has 2 N–H and O–H groups in total. The molecule has 2 rings (SSSR count). The van der Waals surface area contributed by atoms with Crippen LogP contribution in [0.25, 0.3) is 0 Å². The molecular formula is C14H21N3O2. The maximum absolute atomic E-state index is 10.7. The third kappa shape index (κ3) is 3.92. The van der Waals surface area contributed by atoms with Crippen LogP contribution in [0.2, 0.25) is 0 Å². The number of anilines is 1. The molecule has 0 aliphatic carbocycles. The molecule has 1 heterocycles. The number of hydrogen-bond acceptors (Lipinski definition) is 4. The number of likely N-dealkylation sites (tertiary alicyclic amines) is 1. The van der Waals surface area contributed by atoms with Crippen LogP contribution in [0.1, 0.15) is 37.7 Å². The van der Waals surface area contributed by atoms with E-state index in [0.29, 0.717) is 0 Å². The summed E-state index contributed by atoms with van der Waals surface area (Å²) in [6.07, 6.45) is 6.43. The van der Waals surface area contributed by atoms with E-state index in [1.807, 2.05) is 6.07 Å². The highest BCUT2D eigenvalue weighted by Crippen LogP contribution is 2.23. The van der Waals surface area contributed by atoms with Gasteiger partial charge in [-0.1, -0.05) is 25.3 Å². The molecule has 104 valence electrons. The van der Waals surface area contributed by atoms with Gasteiger partial charge in [-0.15, -0.1) is 0 Å². The van der Waals surface area contributed by atoms with E-state index in [1.54, 1.807) is 6.07 Å². The number of nitro groups is 1. The standard InChI is InChI=1S/C14H21N3O2/c15-13-10-12(6-7-14(13)17(18)19)11-16-8-4-2-1-3-5-9-16/h6-7,10H,1-5,8-9,11,15H2. The third-order valence-corrected chi connectivity index (χ3v) is 3.64. The molecule has 5 heteroatoms. The Kier molecular flexibility index (Phi) is 4.74. The zero-order valence-electron chi connectivity index (χ0n) is 11.2. The van der Waals surface area contributed by atoms with Crippen LogP contribution in [-0.2, 0) is 6.54 Å². The fourth-order valence-electron chi connectivity index (χ4n) is 2.60. The first-order valence-corrected chi connectivity index (χ1v) is 6.92. The van der Waals surface area contributed by atoms with Crippen LogP contribution in [0, 0.1) is 10.1 Å². The molecule has 19 heavy (non-hydrogen) atoms. The Bertz CT molecular complexity index is 440. The van der Waals surface area contributed by atoms with Crippen LogP contribution in [0.3, 0.4) is 0 Å². The van der Waals surface area contributed by atoms with Gasteiger partial charge in [0.05, 0.1) is 4.92 Å². The molecule has 1 saturated heterocycles. The van der Waals surface area contributed by atoms with E-state index >= 15 is 0 Å². The van der Waals surface area contributed by atoms with Crippen LogP contribution in [0.5, 0.6) is 0 Å². The fourth-order valence-corrected chi connectivity index (χ4v) is 2.60. The number of rotatable bonds is 3. The van der Waals surface area contributed by atoms with Gasteiger partial charge >= 0.3 is 0 Å². The molecule has 1 aromatic rings. The summed E-state index contributed by atoms with van der Waals surface area (Å²) < 4.78 is 0. The number of nitrogen functional groups attached to an aromatic ring is 1. The van der Waals surface area contributed by atoms with Crippen molar-refractivity contribution in [1.82, 2.24) is 4.90 Å². The Morgan fingerprint density at radius 1 is 1.16 bits per heavy atom. The highest BCUT2D eigenvalue weighted by Gasteiger charge is 2.13. The van der Waals surface area contributed by atoms with E-state index in [0.717, 1.165) is 25.2 Å². The smallest absolute Gasteiger partial charge is 0.292 e. The highest BCUT2D eigenvalue weighted by atomic mass is 16.6. The molecule has 1 aliphatic heterocycles. The van der Waals surface area contributed by atoms with Gasteiger partial charge in [-0.2, -0.15) is 0 Å². The summed E-state index contributed by atoms with van der Waals surface area (Å²) in [5.74, 6) is 0. The molecule has 0 spiro atoms. The minimum absolute atomic E-state index is 0.00332. The number of benzene rings is 1. The zero-order valence-corrected chi connectivity index (χ0v) is 11.2. The van der Waals surface area contributed by atoms with Gasteiger partial charge in [-0.3, -0.25) is 15.0 Å². The zero-order chi connectivity index (χ0) is 13.7. The normalized spacial score (nSPS) is 17.7. The van der Waals surface area contributed by atoms with E-state index in [2.05, 4.69) is 4.90 Å². The van der Waals surface area contributed by atoms with Gasteiger partial charge < -0.3 is 5.73 Å². The molecule has 0 radical (unpaired) electrons. The van der Waals surface area contributed by atoms with Gasteiger partial charge in [0.2, 0.25) is 0 Å². The van der Waals surface area contributed by atoms with Crippen molar-refractivity contribution in [3.8, 4) is 0 Å². The van der Waals surface area contributed by atoms with Gasteiger partial charge in [0.1, 0.15) is 5.69 Å². The Morgan fingerprint density at radius 3 is 2.37 bits per heavy atom. The Labute approximate surface area is 113 Å². The quantitative estimate of drug-likeness (QED) is 0.517. The van der Waals surface area contributed by atoms with Crippen LogP contribution in [-0.4, -0.2) is 22.9 Å². The van der Waals surface area contributed by atoms with Crippen LogP contribution >= 0.6 is 0 Å². The molecule has 0 amide bonds. The summed E-state index contributed by atoms with van der Waals surface area (Å²) >= 11 is 0. The van der Waals surface area contributed by atoms with Crippen molar-refractivity contribution in [3.05, 3.63) is 33.9 Å². The summed E-state index contributed by atoms with van der Waals surface area (Å²) in [6.45, 7) is 3.05. The number of nitro benzene ring substituents is 1. The van der Waals surface area contributed by atoms with E-state index in [9.17, 15) is 10.1 Å². The lowest BCUT2D eigenvalue weighted by Gasteiger charge is -2.24. The predicted octanol–water partition coefficient (Wildman–Crippen LogP) is 2.94. The van der Waals surface area contributed by atoms with Crippen LogP contribution in [0.15, 0.2) is 18.2 Å². The SMILES string of the molecule is Nc1cc(CN2CCCCCCC2)ccc1[N+](=O)[O-]. The molecular weight excluding hydrogens is 242 g/mol. The van der Waals surface area contributed by atoms with Crippen molar-refractivity contribution in [3.63, 3.8) is 0 Å². The van der Waals surface area contributed by atoms with E-state index in [4.69, 9.17) is 5.73 Å². The van der Waals surface area contributed by atoms with E-state index < -0.39 is 4.92 Å². The van der Waals surface area contributed by atoms with Crippen LogP contribution < -0.4 is 5.73 Å². The number of nitrogens with two attached hydrogens (primary N) is 1. The van der Waals surface area contributed by atoms with Gasteiger partial charge in [0, 0.05) is 12.6 Å². The van der Waals surface area contributed by atoms with Crippen molar-refractivity contribution in [1.29, 1.82) is 0 Å². The molecule has 0 bridgehead atoms. The lowest BCUT2D eigenvalue weighted by Crippen LogP contribution is -2.26. The van der Waals surface area contributed by atoms with Gasteiger partial charge in [-0.05, 0) is 37.6 Å². The first-order chi connectivity index (χ1) is 9.16. The van der Waals surface area contributed by atoms with Gasteiger partial charge in [0.25, 0.3) is 5.69 Å². The minimum Gasteiger partial charge on any atom is -0.393 e. The molecule has 5 nitrogen and oxygen atoms in total. The lowest BCUT2D eigenvalue weighted by atomic mass is 10.1. The summed E-state index contributed by atoms with van der Waals surface area (Å²) in [7, 11) is 0. The maximum atomic E-state index is 10.7. The van der Waals surface area contributed by atoms with Crippen molar-refractivity contribution in [2.24, 2.45) is 0 Å². The highest BCUT2D eigenvalue weighted by molar-refractivity contribution is 5.59. The van der Waals surface area contributed by atoms with E-state index in [1.165, 1.54) is 38.2 Å². The molecule has 0 atom stereocenters. The van der Waals surface area contributed by atoms with Crippen molar-refractivity contribution in [2.45, 2.75) is 38.6 Å². The van der Waals surface area contributed by atoms with Crippen molar-refractivity contribution >= 4 is 11.4 Å². The molecule has 1 fully saturated rings. The third-order valence-electron chi connectivity index (χ3n) is 3.64. The maximum Gasteiger partial charge on any atom is 0.292 e. The second-order valence-corrected chi connectivity index (χ2v) is 5.19.